The quantitative estimate of drug-likeness (QED) is 0.759. The Labute approximate surface area is 136 Å². The minimum Gasteiger partial charge on any atom is -0.381 e. The van der Waals surface area contributed by atoms with E-state index in [0.29, 0.717) is 13.0 Å². The normalized spacial score (nSPS) is 12.9. The number of carbonyl (C=O) groups excluding carboxylic acids is 1. The third-order valence-electron chi connectivity index (χ3n) is 3.04. The number of hydrogen-bond donors (Lipinski definition) is 3. The van der Waals surface area contributed by atoms with Gasteiger partial charge in [0, 0.05) is 34.7 Å². The van der Waals surface area contributed by atoms with Crippen LogP contribution in [0.15, 0.2) is 16.6 Å². The zero-order valence-corrected chi connectivity index (χ0v) is 15.1. The Balaban J connectivity index is 2.72. The SMILES string of the molecule is Cc1cc(NC(CN)CC(=O)NC(C)(C)C)cc(C)c1Br. The summed E-state index contributed by atoms with van der Waals surface area (Å²) >= 11 is 3.55. The topological polar surface area (TPSA) is 67.1 Å². The zero-order chi connectivity index (χ0) is 16.2. The van der Waals surface area contributed by atoms with Crippen molar-refractivity contribution in [2.45, 2.75) is 52.6 Å². The minimum absolute atomic E-state index is 0.0102. The van der Waals surface area contributed by atoms with E-state index in [1.807, 2.05) is 34.6 Å². The summed E-state index contributed by atoms with van der Waals surface area (Å²) in [7, 11) is 0. The Hall–Kier alpha value is -1.07. The lowest BCUT2D eigenvalue weighted by atomic mass is 10.1. The van der Waals surface area contributed by atoms with Crippen molar-refractivity contribution in [3.63, 3.8) is 0 Å². The van der Waals surface area contributed by atoms with Crippen LogP contribution in [0.2, 0.25) is 0 Å². The van der Waals surface area contributed by atoms with Gasteiger partial charge in [-0.25, -0.2) is 0 Å². The first-order valence-corrected chi connectivity index (χ1v) is 7.96. The molecule has 0 fully saturated rings. The predicted molar refractivity (Wildman–Crippen MR) is 92.6 cm³/mol. The summed E-state index contributed by atoms with van der Waals surface area (Å²) in [6, 6.07) is 4.04. The Kier molecular flexibility index (Phi) is 6.23. The average Bonchev–Trinajstić information content (AvgIpc) is 2.32. The first-order valence-electron chi connectivity index (χ1n) is 7.16. The Morgan fingerprint density at radius 3 is 2.24 bits per heavy atom. The van der Waals surface area contributed by atoms with E-state index in [-0.39, 0.29) is 17.5 Å². The number of nitrogens with one attached hydrogen (secondary N) is 2. The maximum atomic E-state index is 12.0. The largest absolute Gasteiger partial charge is 0.381 e. The number of amides is 1. The van der Waals surface area contributed by atoms with Gasteiger partial charge in [0.25, 0.3) is 0 Å². The van der Waals surface area contributed by atoms with Gasteiger partial charge in [-0.3, -0.25) is 4.79 Å². The molecule has 0 heterocycles. The second-order valence-corrected chi connectivity index (χ2v) is 7.30. The van der Waals surface area contributed by atoms with Crippen LogP contribution < -0.4 is 16.4 Å². The van der Waals surface area contributed by atoms with Gasteiger partial charge in [0.15, 0.2) is 0 Å². The molecule has 1 amide bonds. The van der Waals surface area contributed by atoms with E-state index >= 15 is 0 Å². The van der Waals surface area contributed by atoms with Crippen LogP contribution in [0, 0.1) is 13.8 Å². The van der Waals surface area contributed by atoms with Gasteiger partial charge in [-0.2, -0.15) is 0 Å². The maximum Gasteiger partial charge on any atom is 0.222 e. The van der Waals surface area contributed by atoms with Gasteiger partial charge in [-0.05, 0) is 57.9 Å². The summed E-state index contributed by atoms with van der Waals surface area (Å²) in [5.41, 5.74) is 8.88. The Morgan fingerprint density at radius 2 is 1.81 bits per heavy atom. The molecule has 0 radical (unpaired) electrons. The van der Waals surface area contributed by atoms with Gasteiger partial charge in [-0.1, -0.05) is 15.9 Å². The second kappa shape index (κ2) is 7.27. The van der Waals surface area contributed by atoms with Crippen LogP contribution in [-0.4, -0.2) is 24.0 Å². The molecule has 4 N–H and O–H groups in total. The monoisotopic (exact) mass is 355 g/mol. The van der Waals surface area contributed by atoms with E-state index in [2.05, 4.69) is 38.7 Å². The van der Waals surface area contributed by atoms with Gasteiger partial charge in [0.1, 0.15) is 0 Å². The molecule has 0 aliphatic rings. The van der Waals surface area contributed by atoms with E-state index in [4.69, 9.17) is 5.73 Å². The molecule has 0 spiro atoms. The van der Waals surface area contributed by atoms with Crippen molar-refractivity contribution in [2.75, 3.05) is 11.9 Å². The smallest absolute Gasteiger partial charge is 0.222 e. The van der Waals surface area contributed by atoms with Gasteiger partial charge in [0.2, 0.25) is 5.91 Å². The molecule has 1 rings (SSSR count). The molecule has 4 nitrogen and oxygen atoms in total. The molecule has 1 aromatic rings. The number of aryl methyl sites for hydroxylation is 2. The van der Waals surface area contributed by atoms with Crippen LogP contribution in [0.25, 0.3) is 0 Å². The van der Waals surface area contributed by atoms with Crippen molar-refractivity contribution in [1.82, 2.24) is 5.32 Å². The molecule has 0 saturated carbocycles. The fraction of sp³-hybridized carbons (Fsp3) is 0.562. The molecule has 21 heavy (non-hydrogen) atoms. The van der Waals surface area contributed by atoms with Crippen molar-refractivity contribution in [1.29, 1.82) is 0 Å². The van der Waals surface area contributed by atoms with Gasteiger partial charge in [0.05, 0.1) is 0 Å². The average molecular weight is 356 g/mol. The minimum atomic E-state index is -0.221. The lowest BCUT2D eigenvalue weighted by Gasteiger charge is -2.24. The third-order valence-corrected chi connectivity index (χ3v) is 4.29. The van der Waals surface area contributed by atoms with Gasteiger partial charge >= 0.3 is 0 Å². The first-order chi connectivity index (χ1) is 9.62. The molecule has 0 saturated heterocycles. The standard InChI is InChI=1S/C16H26BrN3O/c1-10-6-12(7-11(2)15(10)17)19-13(9-18)8-14(21)20-16(3,4)5/h6-7,13,19H,8-9,18H2,1-5H3,(H,20,21). The van der Waals surface area contributed by atoms with Crippen LogP contribution in [0.3, 0.4) is 0 Å². The van der Waals surface area contributed by atoms with Crippen molar-refractivity contribution in [3.05, 3.63) is 27.7 Å². The highest BCUT2D eigenvalue weighted by Gasteiger charge is 2.18. The highest BCUT2D eigenvalue weighted by Crippen LogP contribution is 2.25. The molecule has 1 atom stereocenters. The van der Waals surface area contributed by atoms with Crippen LogP contribution in [0.4, 0.5) is 5.69 Å². The molecule has 0 aliphatic carbocycles. The second-order valence-electron chi connectivity index (χ2n) is 6.50. The predicted octanol–water partition coefficient (Wildman–Crippen LogP) is 3.11. The fourth-order valence-electron chi connectivity index (χ4n) is 2.15. The van der Waals surface area contributed by atoms with Gasteiger partial charge in [-0.15, -0.1) is 0 Å². The van der Waals surface area contributed by atoms with E-state index in [0.717, 1.165) is 21.3 Å². The zero-order valence-electron chi connectivity index (χ0n) is 13.5. The van der Waals surface area contributed by atoms with Crippen LogP contribution in [0.1, 0.15) is 38.3 Å². The molecule has 0 bridgehead atoms. The fourth-order valence-corrected chi connectivity index (χ4v) is 2.38. The molecule has 1 aromatic carbocycles. The van der Waals surface area contributed by atoms with E-state index in [1.165, 1.54) is 0 Å². The summed E-state index contributed by atoms with van der Waals surface area (Å²) in [4.78, 5) is 12.0. The molecule has 0 aliphatic heterocycles. The summed E-state index contributed by atoms with van der Waals surface area (Å²) in [6.45, 7) is 10.4. The van der Waals surface area contributed by atoms with Crippen LogP contribution in [-0.2, 0) is 4.79 Å². The number of nitrogens with two attached hydrogens (primary N) is 1. The maximum absolute atomic E-state index is 12.0. The first kappa shape index (κ1) is 18.0. The van der Waals surface area contributed by atoms with E-state index in [9.17, 15) is 4.79 Å². The summed E-state index contributed by atoms with van der Waals surface area (Å²) in [6.07, 6.45) is 0.363. The van der Waals surface area contributed by atoms with Crippen molar-refractivity contribution < 1.29 is 4.79 Å². The third kappa shape index (κ3) is 6.06. The summed E-state index contributed by atoms with van der Waals surface area (Å²) in [5.74, 6) is 0.0102. The van der Waals surface area contributed by atoms with Crippen LogP contribution >= 0.6 is 15.9 Å². The highest BCUT2D eigenvalue weighted by molar-refractivity contribution is 9.10. The molecular formula is C16H26BrN3O. The number of hydrogen-bond acceptors (Lipinski definition) is 3. The number of halogens is 1. The van der Waals surface area contributed by atoms with Crippen molar-refractivity contribution >= 4 is 27.5 Å². The number of carbonyl (C=O) groups is 1. The number of rotatable bonds is 5. The van der Waals surface area contributed by atoms with Crippen molar-refractivity contribution in [3.8, 4) is 0 Å². The highest BCUT2D eigenvalue weighted by atomic mass is 79.9. The van der Waals surface area contributed by atoms with E-state index in [1.54, 1.807) is 0 Å². The Morgan fingerprint density at radius 1 is 1.29 bits per heavy atom. The van der Waals surface area contributed by atoms with Crippen LogP contribution in [0.5, 0.6) is 0 Å². The molecule has 5 heteroatoms. The van der Waals surface area contributed by atoms with Crippen molar-refractivity contribution in [2.24, 2.45) is 5.73 Å². The lowest BCUT2D eigenvalue weighted by molar-refractivity contribution is -0.122. The molecular weight excluding hydrogens is 330 g/mol. The molecule has 0 aromatic heterocycles. The summed E-state index contributed by atoms with van der Waals surface area (Å²) in [5, 5.41) is 6.31. The molecule has 1 unspecified atom stereocenters. The number of benzene rings is 1. The lowest BCUT2D eigenvalue weighted by Crippen LogP contribution is -2.44. The number of anilines is 1. The van der Waals surface area contributed by atoms with Gasteiger partial charge < -0.3 is 16.4 Å². The van der Waals surface area contributed by atoms with E-state index < -0.39 is 0 Å². The Bertz CT molecular complexity index is 486. The molecule has 118 valence electrons. The summed E-state index contributed by atoms with van der Waals surface area (Å²) < 4.78 is 1.11.